The fourth-order valence-corrected chi connectivity index (χ4v) is 1.41. The van der Waals surface area contributed by atoms with Crippen molar-refractivity contribution in [3.05, 3.63) is 47.5 Å². The first kappa shape index (κ1) is 12.8. The topological polar surface area (TPSA) is 75.4 Å². The first-order valence-electron chi connectivity index (χ1n) is 5.31. The van der Waals surface area contributed by atoms with Gasteiger partial charge in [0.25, 0.3) is 5.91 Å². The molecule has 0 aliphatic heterocycles. The van der Waals surface area contributed by atoms with Gasteiger partial charge in [-0.3, -0.25) is 4.79 Å². The average molecular weight is 260 g/mol. The predicted molar refractivity (Wildman–Crippen MR) is 64.8 cm³/mol. The fraction of sp³-hybridized carbons (Fsp3) is 0.0769. The van der Waals surface area contributed by atoms with E-state index < -0.39 is 11.7 Å². The monoisotopic (exact) mass is 260 g/mol. The maximum Gasteiger partial charge on any atom is 0.258 e. The maximum atomic E-state index is 13.1. The molecule has 0 fully saturated rings. The van der Waals surface area contributed by atoms with Gasteiger partial charge in [0.1, 0.15) is 18.7 Å². The highest BCUT2D eigenvalue weighted by Crippen LogP contribution is 2.13. The van der Waals surface area contributed by atoms with Crippen LogP contribution in [-0.4, -0.2) is 22.8 Å². The van der Waals surface area contributed by atoms with Crippen LogP contribution in [0.4, 0.5) is 10.2 Å². The summed E-state index contributed by atoms with van der Waals surface area (Å²) in [7, 11) is 0. The minimum atomic E-state index is -0.514. The number of nitrogens with zero attached hydrogens (tertiary/aromatic N) is 1. The van der Waals surface area contributed by atoms with Crippen molar-refractivity contribution >= 4 is 11.7 Å². The van der Waals surface area contributed by atoms with E-state index in [9.17, 15) is 9.18 Å². The summed E-state index contributed by atoms with van der Waals surface area (Å²) in [6.45, 7) is -0.374. The van der Waals surface area contributed by atoms with Crippen LogP contribution in [0.25, 0.3) is 0 Å². The molecule has 0 aliphatic carbocycles. The van der Waals surface area contributed by atoms with E-state index >= 15 is 0 Å². The quantitative estimate of drug-likeness (QED) is 0.800. The standard InChI is InChI=1S/C13H9FN2O3/c14-10-3-4-11(9(8-10)2-1-6-17)13(18)15-12-5-7-19-16-12/h3-5,7-8,17H,6H2,(H,15,16,18). The average Bonchev–Trinajstić information content (AvgIpc) is 2.89. The van der Waals surface area contributed by atoms with Gasteiger partial charge in [0.2, 0.25) is 0 Å². The van der Waals surface area contributed by atoms with Gasteiger partial charge in [-0.1, -0.05) is 17.0 Å². The van der Waals surface area contributed by atoms with Crippen molar-refractivity contribution in [1.29, 1.82) is 0 Å². The number of aromatic nitrogens is 1. The third-order valence-electron chi connectivity index (χ3n) is 2.21. The normalized spacial score (nSPS) is 9.58. The minimum Gasteiger partial charge on any atom is -0.384 e. The summed E-state index contributed by atoms with van der Waals surface area (Å²) in [6.07, 6.45) is 1.31. The number of aliphatic hydroxyl groups excluding tert-OH is 1. The number of hydrogen-bond acceptors (Lipinski definition) is 4. The van der Waals surface area contributed by atoms with Crippen LogP contribution in [0.2, 0.25) is 0 Å². The van der Waals surface area contributed by atoms with Crippen LogP contribution >= 0.6 is 0 Å². The largest absolute Gasteiger partial charge is 0.384 e. The molecule has 0 radical (unpaired) electrons. The number of halogens is 1. The van der Waals surface area contributed by atoms with Gasteiger partial charge in [-0.2, -0.15) is 0 Å². The lowest BCUT2D eigenvalue weighted by Crippen LogP contribution is -2.14. The van der Waals surface area contributed by atoms with Crippen LogP contribution in [0.1, 0.15) is 15.9 Å². The molecule has 5 nitrogen and oxygen atoms in total. The van der Waals surface area contributed by atoms with Gasteiger partial charge in [-0.25, -0.2) is 4.39 Å². The first-order chi connectivity index (χ1) is 9.20. The van der Waals surface area contributed by atoms with Crippen molar-refractivity contribution in [2.75, 3.05) is 11.9 Å². The van der Waals surface area contributed by atoms with Crippen molar-refractivity contribution in [3.63, 3.8) is 0 Å². The lowest BCUT2D eigenvalue weighted by molar-refractivity contribution is 0.102. The predicted octanol–water partition coefficient (Wildman–Crippen LogP) is 1.41. The highest BCUT2D eigenvalue weighted by molar-refractivity contribution is 6.05. The molecule has 96 valence electrons. The molecule has 0 unspecified atom stereocenters. The van der Waals surface area contributed by atoms with E-state index in [1.807, 2.05) is 0 Å². The SMILES string of the molecule is O=C(Nc1ccon1)c1ccc(F)cc1C#CCO. The number of carbonyl (C=O) groups is 1. The molecule has 6 heteroatoms. The van der Waals surface area contributed by atoms with Crippen molar-refractivity contribution < 1.29 is 18.8 Å². The zero-order chi connectivity index (χ0) is 13.7. The van der Waals surface area contributed by atoms with Gasteiger partial charge in [0.05, 0.1) is 5.56 Å². The number of anilines is 1. The van der Waals surface area contributed by atoms with Gasteiger partial charge in [0.15, 0.2) is 5.82 Å². The van der Waals surface area contributed by atoms with Crippen molar-refractivity contribution in [3.8, 4) is 11.8 Å². The summed E-state index contributed by atoms with van der Waals surface area (Å²) in [5.41, 5.74) is 0.375. The fourth-order valence-electron chi connectivity index (χ4n) is 1.41. The molecule has 2 rings (SSSR count). The molecule has 19 heavy (non-hydrogen) atoms. The Bertz CT molecular complexity index is 642. The van der Waals surface area contributed by atoms with Crippen LogP contribution < -0.4 is 5.32 Å². The molecule has 0 bridgehead atoms. The van der Waals surface area contributed by atoms with Gasteiger partial charge < -0.3 is 14.9 Å². The van der Waals surface area contributed by atoms with E-state index in [-0.39, 0.29) is 23.6 Å². The van der Waals surface area contributed by atoms with E-state index in [1.54, 1.807) is 0 Å². The lowest BCUT2D eigenvalue weighted by Gasteiger charge is -2.04. The third-order valence-corrected chi connectivity index (χ3v) is 2.21. The molecule has 0 saturated heterocycles. The summed E-state index contributed by atoms with van der Waals surface area (Å²) in [4.78, 5) is 12.0. The summed E-state index contributed by atoms with van der Waals surface area (Å²) < 4.78 is 17.7. The Kier molecular flexibility index (Phi) is 3.90. The molecular formula is C13H9FN2O3. The number of rotatable bonds is 2. The van der Waals surface area contributed by atoms with Crippen LogP contribution in [-0.2, 0) is 0 Å². The zero-order valence-corrected chi connectivity index (χ0v) is 9.68. The molecule has 2 aromatic rings. The molecule has 1 amide bonds. The molecule has 0 spiro atoms. The summed E-state index contributed by atoms with van der Waals surface area (Å²) in [5, 5.41) is 14.7. The van der Waals surface area contributed by atoms with Crippen LogP contribution in [0.15, 0.2) is 35.1 Å². The lowest BCUT2D eigenvalue weighted by atomic mass is 10.1. The summed E-state index contributed by atoms with van der Waals surface area (Å²) in [5.74, 6) is 4.13. The molecule has 0 atom stereocenters. The zero-order valence-electron chi connectivity index (χ0n) is 9.68. The Morgan fingerprint density at radius 3 is 3.00 bits per heavy atom. The van der Waals surface area contributed by atoms with Crippen LogP contribution in [0.3, 0.4) is 0 Å². The number of amides is 1. The molecule has 2 N–H and O–H groups in total. The second kappa shape index (κ2) is 5.80. The van der Waals surface area contributed by atoms with Crippen LogP contribution in [0.5, 0.6) is 0 Å². The third kappa shape index (κ3) is 3.18. The highest BCUT2D eigenvalue weighted by atomic mass is 19.1. The Balaban J connectivity index is 2.30. The number of hydrogen-bond donors (Lipinski definition) is 2. The first-order valence-corrected chi connectivity index (χ1v) is 5.31. The number of aliphatic hydroxyl groups is 1. The van der Waals surface area contributed by atoms with E-state index in [0.29, 0.717) is 0 Å². The number of carbonyl (C=O) groups excluding carboxylic acids is 1. The van der Waals surface area contributed by atoms with Gasteiger partial charge in [-0.15, -0.1) is 0 Å². The second-order valence-corrected chi connectivity index (χ2v) is 3.49. The smallest absolute Gasteiger partial charge is 0.258 e. The highest BCUT2D eigenvalue weighted by Gasteiger charge is 2.12. The molecule has 1 heterocycles. The van der Waals surface area contributed by atoms with E-state index in [2.05, 4.69) is 26.8 Å². The molecule has 1 aromatic carbocycles. The summed E-state index contributed by atoms with van der Waals surface area (Å²) >= 11 is 0. The van der Waals surface area contributed by atoms with Crippen LogP contribution in [0, 0.1) is 17.7 Å². The Hall–Kier alpha value is -2.65. The van der Waals surface area contributed by atoms with Gasteiger partial charge in [0, 0.05) is 11.6 Å². The van der Waals surface area contributed by atoms with Crippen molar-refractivity contribution in [2.24, 2.45) is 0 Å². The molecular weight excluding hydrogens is 251 g/mol. The van der Waals surface area contributed by atoms with E-state index in [1.165, 1.54) is 18.4 Å². The maximum absolute atomic E-state index is 13.1. The molecule has 0 aliphatic rings. The van der Waals surface area contributed by atoms with Crippen molar-refractivity contribution in [1.82, 2.24) is 5.16 Å². The molecule has 1 aromatic heterocycles. The minimum absolute atomic E-state index is 0.186. The number of benzene rings is 1. The van der Waals surface area contributed by atoms with E-state index in [0.717, 1.165) is 12.1 Å². The van der Waals surface area contributed by atoms with Gasteiger partial charge >= 0.3 is 0 Å². The summed E-state index contributed by atoms with van der Waals surface area (Å²) in [6, 6.07) is 5.06. The van der Waals surface area contributed by atoms with Crippen molar-refractivity contribution in [2.45, 2.75) is 0 Å². The van der Waals surface area contributed by atoms with E-state index in [4.69, 9.17) is 5.11 Å². The molecule has 0 saturated carbocycles. The Morgan fingerprint density at radius 1 is 1.47 bits per heavy atom. The van der Waals surface area contributed by atoms with Gasteiger partial charge in [-0.05, 0) is 18.2 Å². The number of nitrogens with one attached hydrogen (secondary N) is 1. The second-order valence-electron chi connectivity index (χ2n) is 3.49. The Morgan fingerprint density at radius 2 is 2.32 bits per heavy atom. The Labute approximate surface area is 108 Å².